The highest BCUT2D eigenvalue weighted by atomic mass is 15.1. The number of anilines is 3. The Labute approximate surface area is 334 Å². The van der Waals surface area contributed by atoms with Gasteiger partial charge >= 0.3 is 0 Å². The minimum Gasteiger partial charge on any atom is -0.310 e. The number of rotatable bonds is 7. The van der Waals surface area contributed by atoms with E-state index in [4.69, 9.17) is 0 Å². The van der Waals surface area contributed by atoms with E-state index in [9.17, 15) is 0 Å². The van der Waals surface area contributed by atoms with Gasteiger partial charge in [0, 0.05) is 22.5 Å². The Kier molecular flexibility index (Phi) is 8.38. The van der Waals surface area contributed by atoms with Crippen LogP contribution in [0.5, 0.6) is 0 Å². The van der Waals surface area contributed by atoms with Crippen LogP contribution in [-0.2, 0) is 5.41 Å². The van der Waals surface area contributed by atoms with Crippen molar-refractivity contribution in [1.29, 1.82) is 0 Å². The van der Waals surface area contributed by atoms with Crippen LogP contribution >= 0.6 is 0 Å². The lowest BCUT2D eigenvalue weighted by Gasteiger charge is -2.54. The van der Waals surface area contributed by atoms with Crippen LogP contribution in [0.4, 0.5) is 17.1 Å². The van der Waals surface area contributed by atoms with Crippen molar-refractivity contribution in [1.82, 2.24) is 0 Å². The predicted octanol–water partition coefficient (Wildman–Crippen LogP) is 15.4. The fraction of sp³-hybridized carbons (Fsp3) is 0.345. The largest absolute Gasteiger partial charge is 0.310 e. The normalized spacial score (nSPS) is 24.5. The topological polar surface area (TPSA) is 3.24 Å². The highest BCUT2D eigenvalue weighted by Gasteiger charge is 2.48. The molecule has 0 saturated heterocycles. The third-order valence-electron chi connectivity index (χ3n) is 15.2. The van der Waals surface area contributed by atoms with Crippen LogP contribution in [0.25, 0.3) is 33.4 Å². The van der Waals surface area contributed by atoms with Crippen molar-refractivity contribution < 1.29 is 0 Å². The fourth-order valence-corrected chi connectivity index (χ4v) is 12.7. The van der Waals surface area contributed by atoms with E-state index in [2.05, 4.69) is 158 Å². The summed E-state index contributed by atoms with van der Waals surface area (Å²) in [6.07, 6.45) is 14.2. The van der Waals surface area contributed by atoms with E-state index >= 15 is 0 Å². The SMILES string of the molecule is CC1(C)c2cc(-c3ccccc3-c3ccccc3)ccc2-c2ccc(N(c3ccc(C4CCCCC4)cc3)c3ccc(C4C5CC6CC(C5)CC4C6)cc3)cc21. The Morgan fingerprint density at radius 2 is 0.982 bits per heavy atom. The molecule has 0 spiro atoms. The number of fused-ring (bicyclic) bond motifs is 3. The lowest BCUT2D eigenvalue weighted by molar-refractivity contribution is -0.00277. The molecule has 6 aromatic carbocycles. The molecule has 0 unspecified atom stereocenters. The molecule has 56 heavy (non-hydrogen) atoms. The average Bonchev–Trinajstić information content (AvgIpc) is 3.46. The maximum atomic E-state index is 2.53. The van der Waals surface area contributed by atoms with Gasteiger partial charge in [0.2, 0.25) is 0 Å². The maximum absolute atomic E-state index is 2.53. The third-order valence-corrected chi connectivity index (χ3v) is 15.2. The molecule has 0 aliphatic heterocycles. The van der Waals surface area contributed by atoms with Gasteiger partial charge in [-0.3, -0.25) is 0 Å². The predicted molar refractivity (Wildman–Crippen MR) is 235 cm³/mol. The number of benzene rings is 6. The van der Waals surface area contributed by atoms with Crippen molar-refractivity contribution in [3.8, 4) is 33.4 Å². The molecule has 6 aromatic rings. The van der Waals surface area contributed by atoms with Crippen LogP contribution in [0.1, 0.15) is 112 Å². The first kappa shape index (κ1) is 34.4. The van der Waals surface area contributed by atoms with Crippen LogP contribution in [-0.4, -0.2) is 0 Å². The van der Waals surface area contributed by atoms with Gasteiger partial charge in [-0.15, -0.1) is 0 Å². The number of nitrogens with zero attached hydrogens (tertiary/aromatic N) is 1. The third kappa shape index (κ3) is 5.79. The first-order valence-electron chi connectivity index (χ1n) is 21.9. The smallest absolute Gasteiger partial charge is 0.0465 e. The highest BCUT2D eigenvalue weighted by Crippen LogP contribution is 2.60. The fourth-order valence-electron chi connectivity index (χ4n) is 12.7. The molecule has 0 amide bonds. The first-order valence-corrected chi connectivity index (χ1v) is 21.9. The summed E-state index contributed by atoms with van der Waals surface area (Å²) in [6.45, 7) is 4.86. The van der Waals surface area contributed by atoms with E-state index in [0.29, 0.717) is 5.92 Å². The van der Waals surface area contributed by atoms with Gasteiger partial charge in [-0.25, -0.2) is 0 Å². The number of hydrogen-bond acceptors (Lipinski definition) is 1. The molecule has 1 nitrogen and oxygen atoms in total. The minimum atomic E-state index is -0.141. The van der Waals surface area contributed by atoms with E-state index < -0.39 is 0 Å². The second-order valence-electron chi connectivity index (χ2n) is 18.8. The van der Waals surface area contributed by atoms with Crippen LogP contribution < -0.4 is 4.90 Å². The van der Waals surface area contributed by atoms with Gasteiger partial charge in [-0.1, -0.05) is 130 Å². The van der Waals surface area contributed by atoms with Crippen molar-refractivity contribution in [3.05, 3.63) is 162 Å². The van der Waals surface area contributed by atoms with Crippen LogP contribution in [0.2, 0.25) is 0 Å². The van der Waals surface area contributed by atoms with Gasteiger partial charge < -0.3 is 4.90 Å². The zero-order valence-corrected chi connectivity index (χ0v) is 33.3. The Bertz CT molecular complexity index is 2350. The molecule has 4 bridgehead atoms. The summed E-state index contributed by atoms with van der Waals surface area (Å²) < 4.78 is 0. The Balaban J connectivity index is 0.962. The maximum Gasteiger partial charge on any atom is 0.0465 e. The van der Waals surface area contributed by atoms with Crippen molar-refractivity contribution in [2.24, 2.45) is 23.7 Å². The standard InChI is InChI=1S/C55H55N/c1-55(2)52-34-42(49-16-10-9-15-48(49)40-13-7-4-8-14-40)21-27-50(52)51-28-26-47(35-53(51)55)56(45-22-17-39(18-23-45)38-11-5-3-6-12-38)46-24-19-41(20-25-46)54-43-30-36-29-37(32-43)33-44(54)31-36/h4,7-10,13-28,34-38,43-44,54H,3,5-6,11-12,29-33H2,1-2H3. The summed E-state index contributed by atoms with van der Waals surface area (Å²) in [5.74, 6) is 5.26. The average molecular weight is 730 g/mol. The zero-order chi connectivity index (χ0) is 37.4. The molecule has 1 heteroatoms. The van der Waals surface area contributed by atoms with Gasteiger partial charge in [0.1, 0.15) is 0 Å². The van der Waals surface area contributed by atoms with Gasteiger partial charge in [0.25, 0.3) is 0 Å². The van der Waals surface area contributed by atoms with Crippen LogP contribution in [0, 0.1) is 23.7 Å². The molecule has 0 N–H and O–H groups in total. The summed E-state index contributed by atoms with van der Waals surface area (Å²) in [6, 6.07) is 53.7. The van der Waals surface area contributed by atoms with Gasteiger partial charge in [-0.05, 0) is 179 Å². The second kappa shape index (κ2) is 13.7. The van der Waals surface area contributed by atoms with Crippen molar-refractivity contribution >= 4 is 17.1 Å². The molecule has 6 aliphatic carbocycles. The van der Waals surface area contributed by atoms with Crippen LogP contribution in [0.3, 0.4) is 0 Å². The zero-order valence-electron chi connectivity index (χ0n) is 33.3. The quantitative estimate of drug-likeness (QED) is 0.158. The molecule has 0 heterocycles. The Hall–Kier alpha value is -4.88. The van der Waals surface area contributed by atoms with E-state index in [0.717, 1.165) is 29.6 Å². The summed E-state index contributed by atoms with van der Waals surface area (Å²) >= 11 is 0. The van der Waals surface area contributed by atoms with E-state index in [1.165, 1.54) is 131 Å². The molecular formula is C55H55N. The van der Waals surface area contributed by atoms with E-state index in [-0.39, 0.29) is 5.41 Å². The molecule has 0 radical (unpaired) electrons. The lowest BCUT2D eigenvalue weighted by Crippen LogP contribution is -2.43. The Morgan fingerprint density at radius 3 is 1.62 bits per heavy atom. The molecule has 0 atom stereocenters. The minimum absolute atomic E-state index is 0.141. The molecule has 280 valence electrons. The van der Waals surface area contributed by atoms with E-state index in [1.54, 1.807) is 5.56 Å². The number of hydrogen-bond donors (Lipinski definition) is 0. The van der Waals surface area contributed by atoms with E-state index in [1.807, 2.05) is 0 Å². The lowest BCUT2D eigenvalue weighted by atomic mass is 9.51. The summed E-state index contributed by atoms with van der Waals surface area (Å²) in [4.78, 5) is 2.53. The van der Waals surface area contributed by atoms with Crippen molar-refractivity contribution in [3.63, 3.8) is 0 Å². The molecule has 6 aliphatic rings. The Morgan fingerprint density at radius 1 is 0.446 bits per heavy atom. The molecule has 12 rings (SSSR count). The second-order valence-corrected chi connectivity index (χ2v) is 18.8. The van der Waals surface area contributed by atoms with Crippen molar-refractivity contribution in [2.75, 3.05) is 4.90 Å². The molecule has 5 fully saturated rings. The monoisotopic (exact) mass is 729 g/mol. The van der Waals surface area contributed by atoms with Crippen LogP contribution in [0.15, 0.2) is 140 Å². The first-order chi connectivity index (χ1) is 27.5. The summed E-state index contributed by atoms with van der Waals surface area (Å²) in [7, 11) is 0. The van der Waals surface area contributed by atoms with Crippen molar-refractivity contribution in [2.45, 2.75) is 95.3 Å². The molecule has 0 aromatic heterocycles. The van der Waals surface area contributed by atoms with Gasteiger partial charge in [0.15, 0.2) is 0 Å². The summed E-state index contributed by atoms with van der Waals surface area (Å²) in [5.41, 5.74) is 17.4. The highest BCUT2D eigenvalue weighted by molar-refractivity contribution is 5.90. The van der Waals surface area contributed by atoms with Gasteiger partial charge in [0.05, 0.1) is 0 Å². The molecular weight excluding hydrogens is 675 g/mol. The molecule has 5 saturated carbocycles. The van der Waals surface area contributed by atoms with Gasteiger partial charge in [-0.2, -0.15) is 0 Å². The summed E-state index contributed by atoms with van der Waals surface area (Å²) in [5, 5.41) is 0.